The highest BCUT2D eigenvalue weighted by Gasteiger charge is 2.21. The highest BCUT2D eigenvalue weighted by molar-refractivity contribution is 7.22. The van der Waals surface area contributed by atoms with E-state index in [1.807, 2.05) is 60.7 Å². The molecule has 0 N–H and O–H groups in total. The Labute approximate surface area is 180 Å². The first-order chi connectivity index (χ1) is 14.6. The molecule has 1 aromatic heterocycles. The van der Waals surface area contributed by atoms with E-state index in [0.717, 1.165) is 32.2 Å². The molecule has 5 heteroatoms. The molecule has 4 rings (SSSR count). The second-order valence-electron chi connectivity index (χ2n) is 7.25. The van der Waals surface area contributed by atoms with Gasteiger partial charge in [0.2, 0.25) is 5.91 Å². The van der Waals surface area contributed by atoms with E-state index < -0.39 is 0 Å². The first-order valence-electron chi connectivity index (χ1n) is 10.0. The average Bonchev–Trinajstić information content (AvgIpc) is 3.23. The summed E-state index contributed by atoms with van der Waals surface area (Å²) in [7, 11) is 0. The molecule has 0 aliphatic rings. The summed E-state index contributed by atoms with van der Waals surface area (Å²) in [4.78, 5) is 19.8. The molecule has 3 aromatic carbocycles. The van der Waals surface area contributed by atoms with Crippen molar-refractivity contribution >= 4 is 32.6 Å². The van der Waals surface area contributed by atoms with Crippen molar-refractivity contribution in [3.05, 3.63) is 89.5 Å². The molecule has 0 spiro atoms. The third kappa shape index (κ3) is 4.52. The van der Waals surface area contributed by atoms with Gasteiger partial charge in [-0.05, 0) is 42.7 Å². The summed E-state index contributed by atoms with van der Waals surface area (Å²) >= 11 is 1.58. The topological polar surface area (TPSA) is 42.4 Å². The number of amides is 1. The monoisotopic (exact) mass is 416 g/mol. The predicted molar refractivity (Wildman–Crippen MR) is 123 cm³/mol. The number of aromatic nitrogens is 1. The van der Waals surface area contributed by atoms with Gasteiger partial charge in [0.05, 0.1) is 29.8 Å². The van der Waals surface area contributed by atoms with Crippen LogP contribution in [0.5, 0.6) is 5.75 Å². The summed E-state index contributed by atoms with van der Waals surface area (Å²) in [5, 5.41) is 0.732. The molecule has 4 aromatic rings. The maximum atomic E-state index is 13.2. The zero-order valence-electron chi connectivity index (χ0n) is 17.2. The molecule has 0 bridgehead atoms. The molecule has 152 valence electrons. The van der Waals surface area contributed by atoms with Gasteiger partial charge >= 0.3 is 0 Å². The summed E-state index contributed by atoms with van der Waals surface area (Å²) in [6.07, 6.45) is 0.287. The van der Waals surface area contributed by atoms with Crippen LogP contribution in [0.25, 0.3) is 10.2 Å². The van der Waals surface area contributed by atoms with Crippen LogP contribution in [0.4, 0.5) is 5.13 Å². The van der Waals surface area contributed by atoms with Crippen molar-refractivity contribution in [2.45, 2.75) is 26.8 Å². The lowest BCUT2D eigenvalue weighted by atomic mass is 10.1. The molecule has 1 amide bonds. The average molecular weight is 417 g/mol. The third-order valence-corrected chi connectivity index (χ3v) is 6.19. The number of benzene rings is 3. The predicted octanol–water partition coefficient (Wildman–Crippen LogP) is 5.92. The molecular formula is C25H24N2O2S. The Hall–Kier alpha value is -3.18. The molecule has 0 radical (unpaired) electrons. The van der Waals surface area contributed by atoms with Gasteiger partial charge in [0.1, 0.15) is 5.75 Å². The second-order valence-corrected chi connectivity index (χ2v) is 8.23. The van der Waals surface area contributed by atoms with Gasteiger partial charge in [-0.1, -0.05) is 72.0 Å². The second kappa shape index (κ2) is 9.09. The van der Waals surface area contributed by atoms with Gasteiger partial charge in [0.25, 0.3) is 0 Å². The molecule has 0 aliphatic carbocycles. The van der Waals surface area contributed by atoms with Crippen molar-refractivity contribution in [1.82, 2.24) is 4.98 Å². The number of thiazole rings is 1. The van der Waals surface area contributed by atoms with Crippen molar-refractivity contribution in [3.8, 4) is 5.75 Å². The van der Waals surface area contributed by atoms with Gasteiger partial charge in [0.15, 0.2) is 5.13 Å². The number of carbonyl (C=O) groups is 1. The SMILES string of the molecule is Cc1ccc(C)c2sc(N(Cc3ccccc3)C(=O)CCOc3ccccc3)nc12. The minimum absolute atomic E-state index is 0.00384. The molecule has 0 aliphatic heterocycles. The molecular weight excluding hydrogens is 392 g/mol. The zero-order valence-corrected chi connectivity index (χ0v) is 18.0. The minimum Gasteiger partial charge on any atom is -0.493 e. The Morgan fingerprint density at radius 3 is 2.30 bits per heavy atom. The Balaban J connectivity index is 1.58. The number of aryl methyl sites for hydroxylation is 2. The van der Waals surface area contributed by atoms with E-state index in [9.17, 15) is 4.79 Å². The maximum absolute atomic E-state index is 13.2. The normalized spacial score (nSPS) is 10.9. The fourth-order valence-electron chi connectivity index (χ4n) is 3.30. The fraction of sp³-hybridized carbons (Fsp3) is 0.200. The number of rotatable bonds is 7. The highest BCUT2D eigenvalue weighted by atomic mass is 32.1. The Morgan fingerprint density at radius 2 is 1.60 bits per heavy atom. The number of hydrogen-bond donors (Lipinski definition) is 0. The quantitative estimate of drug-likeness (QED) is 0.376. The Bertz CT molecular complexity index is 1100. The number of carbonyl (C=O) groups excluding carboxylic acids is 1. The van der Waals surface area contributed by atoms with Crippen LogP contribution >= 0.6 is 11.3 Å². The van der Waals surface area contributed by atoms with Gasteiger partial charge in [-0.25, -0.2) is 4.98 Å². The minimum atomic E-state index is 0.00384. The van der Waals surface area contributed by atoms with Crippen molar-refractivity contribution in [2.75, 3.05) is 11.5 Å². The van der Waals surface area contributed by atoms with E-state index in [4.69, 9.17) is 9.72 Å². The standard InChI is InChI=1S/C25H24N2O2S/c1-18-13-14-19(2)24-23(18)26-25(30-24)27(17-20-9-5-3-6-10-20)22(28)15-16-29-21-11-7-4-8-12-21/h3-14H,15-17H2,1-2H3. The number of ether oxygens (including phenoxy) is 1. The van der Waals surface area contributed by atoms with E-state index in [1.165, 1.54) is 5.56 Å². The van der Waals surface area contributed by atoms with Gasteiger partial charge in [0, 0.05) is 0 Å². The lowest BCUT2D eigenvalue weighted by molar-refractivity contribution is -0.119. The summed E-state index contributed by atoms with van der Waals surface area (Å²) in [6, 6.07) is 23.8. The van der Waals surface area contributed by atoms with Crippen molar-refractivity contribution in [1.29, 1.82) is 0 Å². The molecule has 0 saturated heterocycles. The number of nitrogens with zero attached hydrogens (tertiary/aromatic N) is 2. The highest BCUT2D eigenvalue weighted by Crippen LogP contribution is 2.34. The summed E-state index contributed by atoms with van der Waals surface area (Å²) in [5.74, 6) is 0.773. The summed E-state index contributed by atoms with van der Waals surface area (Å²) < 4.78 is 6.88. The van der Waals surface area contributed by atoms with E-state index in [0.29, 0.717) is 13.2 Å². The number of para-hydroxylation sites is 1. The summed E-state index contributed by atoms with van der Waals surface area (Å²) in [6.45, 7) is 4.96. The van der Waals surface area contributed by atoms with Gasteiger partial charge in [-0.15, -0.1) is 0 Å². The third-order valence-electron chi connectivity index (χ3n) is 4.97. The van der Waals surface area contributed by atoms with E-state index in [2.05, 4.69) is 26.0 Å². The van der Waals surface area contributed by atoms with Crippen LogP contribution in [-0.4, -0.2) is 17.5 Å². The van der Waals surface area contributed by atoms with E-state index in [-0.39, 0.29) is 12.3 Å². The molecule has 1 heterocycles. The van der Waals surface area contributed by atoms with Crippen LogP contribution in [0.2, 0.25) is 0 Å². The Morgan fingerprint density at radius 1 is 0.933 bits per heavy atom. The van der Waals surface area contributed by atoms with Crippen LogP contribution < -0.4 is 9.64 Å². The lowest BCUT2D eigenvalue weighted by Gasteiger charge is -2.20. The number of fused-ring (bicyclic) bond motifs is 1. The van der Waals surface area contributed by atoms with E-state index >= 15 is 0 Å². The van der Waals surface area contributed by atoms with Crippen LogP contribution in [0.1, 0.15) is 23.1 Å². The van der Waals surface area contributed by atoms with Gasteiger partial charge in [-0.3, -0.25) is 9.69 Å². The largest absolute Gasteiger partial charge is 0.493 e. The molecule has 30 heavy (non-hydrogen) atoms. The van der Waals surface area contributed by atoms with Gasteiger partial charge in [-0.2, -0.15) is 0 Å². The fourth-order valence-corrected chi connectivity index (χ4v) is 4.43. The maximum Gasteiger partial charge on any atom is 0.232 e. The van der Waals surface area contributed by atoms with Gasteiger partial charge < -0.3 is 4.74 Å². The zero-order chi connectivity index (χ0) is 20.9. The van der Waals surface area contributed by atoms with Crippen LogP contribution in [0, 0.1) is 13.8 Å². The first kappa shape index (κ1) is 20.1. The summed E-state index contributed by atoms with van der Waals surface area (Å²) in [5.41, 5.74) is 4.35. The smallest absolute Gasteiger partial charge is 0.232 e. The number of anilines is 1. The Kier molecular flexibility index (Phi) is 6.10. The molecule has 0 fully saturated rings. The molecule has 0 saturated carbocycles. The van der Waals surface area contributed by atoms with Crippen molar-refractivity contribution in [2.24, 2.45) is 0 Å². The van der Waals surface area contributed by atoms with Crippen molar-refractivity contribution in [3.63, 3.8) is 0 Å². The lowest BCUT2D eigenvalue weighted by Crippen LogP contribution is -2.31. The van der Waals surface area contributed by atoms with Crippen LogP contribution in [-0.2, 0) is 11.3 Å². The first-order valence-corrected chi connectivity index (χ1v) is 10.8. The van der Waals surface area contributed by atoms with E-state index in [1.54, 1.807) is 16.2 Å². The number of hydrogen-bond acceptors (Lipinski definition) is 4. The molecule has 0 atom stereocenters. The molecule has 4 nitrogen and oxygen atoms in total. The van der Waals surface area contributed by atoms with Crippen LogP contribution in [0.3, 0.4) is 0 Å². The van der Waals surface area contributed by atoms with Crippen LogP contribution in [0.15, 0.2) is 72.8 Å². The molecule has 0 unspecified atom stereocenters. The van der Waals surface area contributed by atoms with Crippen molar-refractivity contribution < 1.29 is 9.53 Å².